The number of nitrogens with zero attached hydrogens (tertiary/aromatic N) is 1. The lowest BCUT2D eigenvalue weighted by molar-refractivity contribution is -0.000702. The summed E-state index contributed by atoms with van der Waals surface area (Å²) >= 11 is 0. The van der Waals surface area contributed by atoms with Gasteiger partial charge in [-0.3, -0.25) is 0 Å². The van der Waals surface area contributed by atoms with E-state index in [1.54, 1.807) is 7.11 Å². The lowest BCUT2D eigenvalue weighted by atomic mass is 9.90. The number of hydrogen-bond donors (Lipinski definition) is 2. The van der Waals surface area contributed by atoms with Gasteiger partial charge in [-0.2, -0.15) is 0 Å². The second-order valence-electron chi connectivity index (χ2n) is 4.57. The Morgan fingerprint density at radius 2 is 2.05 bits per heavy atom. The van der Waals surface area contributed by atoms with Gasteiger partial charge in [-0.25, -0.2) is 4.99 Å². The molecule has 0 unspecified atom stereocenters. The molecule has 104 valence electrons. The number of nitrogens with two attached hydrogens (primary N) is 1. The minimum Gasteiger partial charge on any atom is -0.497 e. The lowest BCUT2D eigenvalue weighted by Crippen LogP contribution is -2.37. The van der Waals surface area contributed by atoms with Gasteiger partial charge in [-0.15, -0.1) is 0 Å². The highest BCUT2D eigenvalue weighted by Crippen LogP contribution is 2.26. The maximum absolute atomic E-state index is 5.87. The molecule has 0 atom stereocenters. The first-order valence-corrected chi connectivity index (χ1v) is 6.57. The molecule has 0 spiro atoms. The number of nitrogens with one attached hydrogen (secondary N) is 1. The van der Waals surface area contributed by atoms with E-state index in [9.17, 15) is 0 Å². The quantitative estimate of drug-likeness (QED) is 0.629. The van der Waals surface area contributed by atoms with Gasteiger partial charge in [0.25, 0.3) is 0 Å². The number of benzene rings is 1. The predicted molar refractivity (Wildman–Crippen MR) is 76.7 cm³/mol. The summed E-state index contributed by atoms with van der Waals surface area (Å²) in [6, 6.07) is 7.85. The van der Waals surface area contributed by atoms with Crippen molar-refractivity contribution in [3.05, 3.63) is 24.3 Å². The number of aliphatic imine (C=N–C) groups is 1. The van der Waals surface area contributed by atoms with Crippen LogP contribution in [0.4, 0.5) is 5.69 Å². The fourth-order valence-electron chi connectivity index (χ4n) is 2.07. The second-order valence-corrected chi connectivity index (χ2v) is 4.57. The summed E-state index contributed by atoms with van der Waals surface area (Å²) in [7, 11) is 1.64. The molecule has 1 aliphatic rings. The Hall–Kier alpha value is -1.75. The van der Waals surface area contributed by atoms with E-state index in [-0.39, 0.29) is 6.04 Å². The molecule has 1 aliphatic carbocycles. The van der Waals surface area contributed by atoms with E-state index < -0.39 is 0 Å². The van der Waals surface area contributed by atoms with Gasteiger partial charge < -0.3 is 20.5 Å². The minimum absolute atomic E-state index is 0.280. The Morgan fingerprint density at radius 1 is 1.37 bits per heavy atom. The maximum Gasteiger partial charge on any atom is 0.193 e. The fourth-order valence-corrected chi connectivity index (χ4v) is 2.07. The number of anilines is 1. The zero-order valence-corrected chi connectivity index (χ0v) is 11.4. The van der Waals surface area contributed by atoms with E-state index in [2.05, 4.69) is 10.3 Å². The highest BCUT2D eigenvalue weighted by atomic mass is 16.5. The summed E-state index contributed by atoms with van der Waals surface area (Å²) in [5.74, 6) is 1.27. The fraction of sp³-hybridized carbons (Fsp3) is 0.500. The molecule has 5 heteroatoms. The monoisotopic (exact) mass is 263 g/mol. The lowest BCUT2D eigenvalue weighted by Gasteiger charge is -2.32. The van der Waals surface area contributed by atoms with Crippen LogP contribution in [0.1, 0.15) is 19.8 Å². The first kappa shape index (κ1) is 13.7. The van der Waals surface area contributed by atoms with Crippen molar-refractivity contribution in [2.75, 3.05) is 19.0 Å². The van der Waals surface area contributed by atoms with Crippen LogP contribution >= 0.6 is 0 Å². The smallest absolute Gasteiger partial charge is 0.193 e. The van der Waals surface area contributed by atoms with Gasteiger partial charge in [0.05, 0.1) is 19.3 Å². The van der Waals surface area contributed by atoms with Crippen LogP contribution < -0.4 is 15.8 Å². The third-order valence-electron chi connectivity index (χ3n) is 3.16. The molecule has 1 aromatic carbocycles. The molecule has 3 N–H and O–H groups in total. The number of methoxy groups -OCH3 is 1. The number of hydrogen-bond acceptors (Lipinski definition) is 3. The van der Waals surface area contributed by atoms with E-state index in [0.717, 1.165) is 30.9 Å². The summed E-state index contributed by atoms with van der Waals surface area (Å²) < 4.78 is 10.6. The van der Waals surface area contributed by atoms with Gasteiger partial charge >= 0.3 is 0 Å². The minimum atomic E-state index is 0.280. The molecule has 1 saturated carbocycles. The van der Waals surface area contributed by atoms with E-state index >= 15 is 0 Å². The third-order valence-corrected chi connectivity index (χ3v) is 3.16. The van der Waals surface area contributed by atoms with Crippen LogP contribution in [0.2, 0.25) is 0 Å². The molecule has 0 aliphatic heterocycles. The van der Waals surface area contributed by atoms with Crippen molar-refractivity contribution in [2.24, 2.45) is 10.7 Å². The van der Waals surface area contributed by atoms with Crippen LogP contribution in [0.3, 0.4) is 0 Å². The largest absolute Gasteiger partial charge is 0.497 e. The molecule has 5 nitrogen and oxygen atoms in total. The van der Waals surface area contributed by atoms with Crippen LogP contribution in [-0.2, 0) is 4.74 Å². The average molecular weight is 263 g/mol. The van der Waals surface area contributed by atoms with Crippen molar-refractivity contribution in [3.63, 3.8) is 0 Å². The van der Waals surface area contributed by atoms with Crippen molar-refractivity contribution in [1.82, 2.24) is 0 Å². The second kappa shape index (κ2) is 6.43. The summed E-state index contributed by atoms with van der Waals surface area (Å²) in [5, 5.41) is 3.07. The Balaban J connectivity index is 1.82. The Labute approximate surface area is 113 Å². The van der Waals surface area contributed by atoms with Gasteiger partial charge in [0.2, 0.25) is 0 Å². The molecule has 0 radical (unpaired) electrons. The molecule has 2 rings (SSSR count). The Morgan fingerprint density at radius 3 is 2.63 bits per heavy atom. The first-order valence-electron chi connectivity index (χ1n) is 6.57. The SMILES string of the molecule is CCOC1CC(N=C(N)Nc2ccc(OC)cc2)C1. The van der Waals surface area contributed by atoms with Gasteiger partial charge in [0.1, 0.15) is 5.75 Å². The van der Waals surface area contributed by atoms with Gasteiger partial charge in [-0.1, -0.05) is 0 Å². The molecule has 0 heterocycles. The number of ether oxygens (including phenoxy) is 2. The zero-order valence-electron chi connectivity index (χ0n) is 11.4. The summed E-state index contributed by atoms with van der Waals surface area (Å²) in [4.78, 5) is 4.42. The van der Waals surface area contributed by atoms with E-state index in [0.29, 0.717) is 12.1 Å². The van der Waals surface area contributed by atoms with E-state index in [4.69, 9.17) is 15.2 Å². The van der Waals surface area contributed by atoms with Crippen molar-refractivity contribution >= 4 is 11.6 Å². The number of rotatable bonds is 5. The predicted octanol–water partition coefficient (Wildman–Crippen LogP) is 1.99. The molecule has 1 aromatic rings. The van der Waals surface area contributed by atoms with E-state index in [1.807, 2.05) is 31.2 Å². The van der Waals surface area contributed by atoms with Gasteiger partial charge in [0.15, 0.2) is 5.96 Å². The average Bonchev–Trinajstić information content (AvgIpc) is 2.37. The van der Waals surface area contributed by atoms with Crippen molar-refractivity contribution in [3.8, 4) is 5.75 Å². The summed E-state index contributed by atoms with van der Waals surface area (Å²) in [5.41, 5.74) is 6.78. The topological polar surface area (TPSA) is 68.9 Å². The van der Waals surface area contributed by atoms with Crippen molar-refractivity contribution in [1.29, 1.82) is 0 Å². The van der Waals surface area contributed by atoms with Crippen LogP contribution in [0.25, 0.3) is 0 Å². The van der Waals surface area contributed by atoms with Gasteiger partial charge in [0, 0.05) is 12.3 Å². The highest BCUT2D eigenvalue weighted by Gasteiger charge is 2.29. The molecule has 0 saturated heterocycles. The molecule has 0 amide bonds. The first-order chi connectivity index (χ1) is 9.21. The van der Waals surface area contributed by atoms with Crippen LogP contribution in [0.15, 0.2) is 29.3 Å². The summed E-state index contributed by atoms with van der Waals surface area (Å²) in [6.07, 6.45) is 2.27. The highest BCUT2D eigenvalue weighted by molar-refractivity contribution is 5.92. The molecular weight excluding hydrogens is 242 g/mol. The molecule has 19 heavy (non-hydrogen) atoms. The van der Waals surface area contributed by atoms with Crippen LogP contribution in [0.5, 0.6) is 5.75 Å². The standard InChI is InChI=1S/C14H21N3O2/c1-3-19-13-8-11(9-13)17-14(15)16-10-4-6-12(18-2)7-5-10/h4-7,11,13H,3,8-9H2,1-2H3,(H3,15,16,17). The molecule has 0 bridgehead atoms. The van der Waals surface area contributed by atoms with Crippen LogP contribution in [-0.4, -0.2) is 31.8 Å². The molecule has 0 aromatic heterocycles. The number of guanidine groups is 1. The van der Waals surface area contributed by atoms with Crippen LogP contribution in [0, 0.1) is 0 Å². The zero-order chi connectivity index (χ0) is 13.7. The van der Waals surface area contributed by atoms with Crippen molar-refractivity contribution in [2.45, 2.75) is 31.9 Å². The molecule has 1 fully saturated rings. The van der Waals surface area contributed by atoms with E-state index in [1.165, 1.54) is 0 Å². The van der Waals surface area contributed by atoms with Crippen molar-refractivity contribution < 1.29 is 9.47 Å². The third kappa shape index (κ3) is 3.86. The molecular formula is C14H21N3O2. The maximum atomic E-state index is 5.87. The Kier molecular flexibility index (Phi) is 4.63. The van der Waals surface area contributed by atoms with Gasteiger partial charge in [-0.05, 0) is 44.0 Å². The Bertz CT molecular complexity index is 425. The summed E-state index contributed by atoms with van der Waals surface area (Å²) in [6.45, 7) is 2.77. The normalized spacial score (nSPS) is 22.7.